The minimum Gasteiger partial charge on any atom is -0.480 e. The second kappa shape index (κ2) is 9.55. The number of fused-ring (bicyclic) bond motifs is 2. The van der Waals surface area contributed by atoms with E-state index < -0.39 is 54.3 Å². The van der Waals surface area contributed by atoms with E-state index in [0.717, 1.165) is 0 Å². The van der Waals surface area contributed by atoms with Crippen molar-refractivity contribution in [3.63, 3.8) is 0 Å². The number of carbonyl (C=O) groups excluding carboxylic acids is 2. The van der Waals surface area contributed by atoms with Crippen molar-refractivity contribution in [2.45, 2.75) is 63.1 Å². The molecule has 14 heteroatoms. The molecule has 3 amide bonds. The molecule has 5 unspecified atom stereocenters. The highest BCUT2D eigenvalue weighted by Gasteiger charge is 2.59. The van der Waals surface area contributed by atoms with Gasteiger partial charge < -0.3 is 29.5 Å². The number of nitrogens with zero attached hydrogens (tertiary/aromatic N) is 5. The molecule has 3 aromatic rings. The number of carbonyl (C=O) groups is 3. The molecule has 0 radical (unpaired) electrons. The Balaban J connectivity index is 1.28. The van der Waals surface area contributed by atoms with Crippen LogP contribution in [0.4, 0.5) is 16.3 Å². The monoisotopic (exact) mass is 537 g/mol. The van der Waals surface area contributed by atoms with Gasteiger partial charge in [0.25, 0.3) is 5.91 Å². The van der Waals surface area contributed by atoms with Crippen LogP contribution >= 0.6 is 0 Å². The quantitative estimate of drug-likeness (QED) is 0.437. The van der Waals surface area contributed by atoms with Crippen molar-refractivity contribution in [1.82, 2.24) is 24.4 Å². The maximum absolute atomic E-state index is 13.5. The van der Waals surface area contributed by atoms with E-state index in [-0.39, 0.29) is 5.82 Å². The number of rotatable bonds is 5. The molecule has 3 N–H and O–H groups in total. The smallest absolute Gasteiger partial charge is 0.326 e. The molecule has 39 heavy (non-hydrogen) atoms. The third kappa shape index (κ3) is 4.56. The summed E-state index contributed by atoms with van der Waals surface area (Å²) in [6.07, 6.45) is 0.297. The predicted molar refractivity (Wildman–Crippen MR) is 135 cm³/mol. The van der Waals surface area contributed by atoms with Crippen LogP contribution in [0.25, 0.3) is 11.2 Å². The van der Waals surface area contributed by atoms with Crippen LogP contribution in [-0.2, 0) is 23.8 Å². The number of anilines is 2. The van der Waals surface area contributed by atoms with Gasteiger partial charge >= 0.3 is 12.0 Å². The number of hydrogen-bond donors (Lipinski definition) is 3. The second-order valence-electron chi connectivity index (χ2n) is 10.0. The summed E-state index contributed by atoms with van der Waals surface area (Å²) in [5.41, 5.74) is 1.25. The van der Waals surface area contributed by atoms with Crippen LogP contribution in [0.1, 0.15) is 32.9 Å². The number of likely N-dealkylation sites (tertiary alicyclic amines) is 1. The van der Waals surface area contributed by atoms with E-state index in [1.165, 1.54) is 17.6 Å². The van der Waals surface area contributed by atoms with E-state index in [0.29, 0.717) is 36.2 Å². The first-order chi connectivity index (χ1) is 18.7. The topological polar surface area (TPSA) is 170 Å². The van der Waals surface area contributed by atoms with Crippen molar-refractivity contribution in [3.05, 3.63) is 43.0 Å². The third-order valence-corrected chi connectivity index (χ3v) is 6.99. The number of hydrogen-bond acceptors (Lipinski definition) is 9. The van der Waals surface area contributed by atoms with Gasteiger partial charge in [0.1, 0.15) is 24.6 Å². The first-order valence-electron chi connectivity index (χ1n) is 12.6. The molecule has 5 atom stereocenters. The van der Waals surface area contributed by atoms with Gasteiger partial charge in [-0.3, -0.25) is 14.7 Å². The molecule has 0 spiro atoms. The van der Waals surface area contributed by atoms with Gasteiger partial charge in [0.05, 0.1) is 6.33 Å². The number of urea groups is 1. The van der Waals surface area contributed by atoms with Gasteiger partial charge in [0, 0.05) is 12.2 Å². The normalized spacial score (nSPS) is 27.4. The third-order valence-electron chi connectivity index (χ3n) is 6.99. The molecule has 204 valence electrons. The van der Waals surface area contributed by atoms with Crippen LogP contribution in [0.5, 0.6) is 0 Å². The lowest BCUT2D eigenvalue weighted by Crippen LogP contribution is -2.49. The zero-order chi connectivity index (χ0) is 27.3. The lowest BCUT2D eigenvalue weighted by molar-refractivity contribution is -0.200. The first kappa shape index (κ1) is 25.2. The SMILES string of the molecule is CC1(C)OC2C(C(=O)N3CCCC3C(=O)O)OC(n3cnc4c(NC(=O)Nc5ccccc5)ncnc43)C2O1. The van der Waals surface area contributed by atoms with E-state index in [1.54, 1.807) is 42.7 Å². The van der Waals surface area contributed by atoms with E-state index in [4.69, 9.17) is 14.2 Å². The van der Waals surface area contributed by atoms with Crippen molar-refractivity contribution >= 4 is 40.6 Å². The average molecular weight is 538 g/mol. The highest BCUT2D eigenvalue weighted by molar-refractivity contribution is 6.02. The molecule has 1 aromatic carbocycles. The number of carboxylic acids is 1. The largest absolute Gasteiger partial charge is 0.480 e. The van der Waals surface area contributed by atoms with Gasteiger partial charge in [-0.15, -0.1) is 0 Å². The Morgan fingerprint density at radius 3 is 2.59 bits per heavy atom. The predicted octanol–water partition coefficient (Wildman–Crippen LogP) is 1.96. The number of aliphatic carboxylic acids is 1. The minimum atomic E-state index is -1.09. The maximum atomic E-state index is 13.5. The number of benzene rings is 1. The Kier molecular flexibility index (Phi) is 6.16. The Morgan fingerprint density at radius 2 is 1.82 bits per heavy atom. The molecular weight excluding hydrogens is 510 g/mol. The van der Waals surface area contributed by atoms with Crippen LogP contribution in [0, 0.1) is 0 Å². The summed E-state index contributed by atoms with van der Waals surface area (Å²) >= 11 is 0. The van der Waals surface area contributed by atoms with E-state index >= 15 is 0 Å². The number of aromatic nitrogens is 4. The van der Waals surface area contributed by atoms with Gasteiger partial charge in [-0.05, 0) is 38.8 Å². The van der Waals surface area contributed by atoms with Crippen molar-refractivity contribution in [2.75, 3.05) is 17.2 Å². The van der Waals surface area contributed by atoms with Crippen LogP contribution in [0.3, 0.4) is 0 Å². The van der Waals surface area contributed by atoms with E-state index in [9.17, 15) is 19.5 Å². The molecule has 0 bridgehead atoms. The number of amides is 3. The lowest BCUT2D eigenvalue weighted by atomic mass is 10.1. The Labute approximate surface area is 222 Å². The summed E-state index contributed by atoms with van der Waals surface area (Å²) in [6, 6.07) is 7.53. The zero-order valence-electron chi connectivity index (χ0n) is 21.2. The highest BCUT2D eigenvalue weighted by atomic mass is 16.8. The zero-order valence-corrected chi connectivity index (χ0v) is 21.2. The van der Waals surface area contributed by atoms with Crippen LogP contribution in [0.15, 0.2) is 43.0 Å². The molecular formula is C25H27N7O7. The summed E-state index contributed by atoms with van der Waals surface area (Å²) in [5.74, 6) is -2.33. The average Bonchev–Trinajstić information content (AvgIpc) is 3.66. The van der Waals surface area contributed by atoms with Gasteiger partial charge in [-0.1, -0.05) is 18.2 Å². The van der Waals surface area contributed by atoms with Crippen LogP contribution < -0.4 is 10.6 Å². The molecule has 14 nitrogen and oxygen atoms in total. The van der Waals surface area contributed by atoms with Gasteiger partial charge in [0.2, 0.25) is 0 Å². The molecule has 3 fully saturated rings. The molecule has 2 aromatic heterocycles. The van der Waals surface area contributed by atoms with Crippen molar-refractivity contribution in [3.8, 4) is 0 Å². The molecule has 0 saturated carbocycles. The number of nitrogens with one attached hydrogen (secondary N) is 2. The van der Waals surface area contributed by atoms with Gasteiger partial charge in [-0.25, -0.2) is 24.5 Å². The second-order valence-corrected chi connectivity index (χ2v) is 10.0. The van der Waals surface area contributed by atoms with Crippen molar-refractivity contribution in [1.29, 1.82) is 0 Å². The molecule has 0 aliphatic carbocycles. The highest BCUT2D eigenvalue weighted by Crippen LogP contribution is 2.44. The number of para-hydroxylation sites is 1. The molecule has 3 aliphatic heterocycles. The minimum absolute atomic E-state index is 0.180. The van der Waals surface area contributed by atoms with Crippen LogP contribution in [-0.4, -0.2) is 84.1 Å². The van der Waals surface area contributed by atoms with E-state index in [2.05, 4.69) is 25.6 Å². The number of imidazole rings is 1. The Bertz CT molecular complexity index is 1430. The van der Waals surface area contributed by atoms with Gasteiger partial charge in [-0.2, -0.15) is 0 Å². The first-order valence-corrected chi connectivity index (χ1v) is 12.6. The fraction of sp³-hybridized carbons (Fsp3) is 0.440. The van der Waals surface area contributed by atoms with Crippen LogP contribution in [0.2, 0.25) is 0 Å². The summed E-state index contributed by atoms with van der Waals surface area (Å²) in [7, 11) is 0. The molecule has 3 saturated heterocycles. The lowest BCUT2D eigenvalue weighted by Gasteiger charge is -2.28. The summed E-state index contributed by atoms with van der Waals surface area (Å²) in [5, 5.41) is 15.0. The van der Waals surface area contributed by atoms with Gasteiger partial charge in [0.15, 0.2) is 35.1 Å². The summed E-state index contributed by atoms with van der Waals surface area (Å²) < 4.78 is 20.0. The number of ether oxygens (including phenoxy) is 3. The maximum Gasteiger partial charge on any atom is 0.326 e. The van der Waals surface area contributed by atoms with Crippen molar-refractivity contribution in [2.24, 2.45) is 0 Å². The summed E-state index contributed by atoms with van der Waals surface area (Å²) in [4.78, 5) is 52.0. The molecule has 6 rings (SSSR count). The molecule has 3 aliphatic rings. The molecule has 5 heterocycles. The summed E-state index contributed by atoms with van der Waals surface area (Å²) in [6.45, 7) is 3.80. The standard InChI is InChI=1S/C25H27N7O7/c1-25(2)38-16-17(21(33)31-10-6-9-14(31)23(34)35)37-22(18(16)39-25)32-12-28-15-19(26-11-27-20(15)32)30-24(36)29-13-7-4-3-5-8-13/h3-5,7-8,11-12,14,16-18,22H,6,9-10H2,1-2H3,(H,34,35)(H2,26,27,29,30,36). The number of carboxylic acid groups (broad SMARTS) is 1. The van der Waals surface area contributed by atoms with E-state index in [1.807, 2.05) is 6.07 Å². The van der Waals surface area contributed by atoms with Crippen molar-refractivity contribution < 1.29 is 33.7 Å². The Morgan fingerprint density at radius 1 is 1.05 bits per heavy atom. The Hall–Kier alpha value is -4.14. The fourth-order valence-corrected chi connectivity index (χ4v) is 5.37. The fourth-order valence-electron chi connectivity index (χ4n) is 5.37.